The molecule has 0 radical (unpaired) electrons. The maximum Gasteiger partial charge on any atom is 0.193 e. The van der Waals surface area contributed by atoms with Crippen LogP contribution in [0.5, 0.6) is 0 Å². The fraction of sp³-hybridized carbons (Fsp3) is 0.750. The summed E-state index contributed by atoms with van der Waals surface area (Å²) in [7, 11) is 3.86. The van der Waals surface area contributed by atoms with Gasteiger partial charge in [-0.1, -0.05) is 12.8 Å². The van der Waals surface area contributed by atoms with E-state index in [-0.39, 0.29) is 0 Å². The molecule has 5 nitrogen and oxygen atoms in total. The van der Waals surface area contributed by atoms with Crippen molar-refractivity contribution < 1.29 is 0 Å². The van der Waals surface area contributed by atoms with Gasteiger partial charge in [0.1, 0.15) is 0 Å². The van der Waals surface area contributed by atoms with Crippen molar-refractivity contribution >= 4 is 5.96 Å². The first-order valence-electron chi connectivity index (χ1n) is 8.19. The number of guanidine groups is 1. The molecule has 0 aromatic carbocycles. The van der Waals surface area contributed by atoms with Crippen molar-refractivity contribution in [2.75, 3.05) is 26.7 Å². The third-order valence-electron chi connectivity index (χ3n) is 4.94. The Bertz CT molecular complexity index is 479. The fourth-order valence-corrected chi connectivity index (χ4v) is 3.83. The van der Waals surface area contributed by atoms with E-state index in [0.717, 1.165) is 30.8 Å². The molecule has 0 spiro atoms. The summed E-state index contributed by atoms with van der Waals surface area (Å²) in [6.45, 7) is 3.30. The Hall–Kier alpha value is -1.52. The average Bonchev–Trinajstić information content (AvgIpc) is 3.09. The van der Waals surface area contributed by atoms with Crippen LogP contribution < -0.4 is 5.32 Å². The van der Waals surface area contributed by atoms with Crippen molar-refractivity contribution in [1.82, 2.24) is 20.0 Å². The van der Waals surface area contributed by atoms with Crippen LogP contribution in [-0.2, 0) is 13.5 Å². The Morgan fingerprint density at radius 2 is 2.05 bits per heavy atom. The van der Waals surface area contributed by atoms with Crippen LogP contribution in [0.4, 0.5) is 0 Å². The van der Waals surface area contributed by atoms with Gasteiger partial charge in [-0.25, -0.2) is 0 Å². The molecule has 2 aliphatic rings. The van der Waals surface area contributed by atoms with Crippen molar-refractivity contribution in [1.29, 1.82) is 0 Å². The van der Waals surface area contributed by atoms with E-state index < -0.39 is 0 Å². The summed E-state index contributed by atoms with van der Waals surface area (Å²) in [4.78, 5) is 6.94. The highest BCUT2D eigenvalue weighted by atomic mass is 15.3. The van der Waals surface area contributed by atoms with Crippen molar-refractivity contribution in [2.45, 2.75) is 32.1 Å². The van der Waals surface area contributed by atoms with E-state index in [0.29, 0.717) is 0 Å². The molecule has 0 bridgehead atoms. The van der Waals surface area contributed by atoms with Gasteiger partial charge in [0.2, 0.25) is 0 Å². The highest BCUT2D eigenvalue weighted by molar-refractivity contribution is 5.80. The molecule has 0 amide bonds. The number of likely N-dealkylation sites (tertiary alicyclic amines) is 1. The van der Waals surface area contributed by atoms with Gasteiger partial charge in [0.15, 0.2) is 5.96 Å². The van der Waals surface area contributed by atoms with Crippen LogP contribution in [0.15, 0.2) is 17.4 Å². The maximum atomic E-state index is 4.47. The van der Waals surface area contributed by atoms with E-state index in [2.05, 4.69) is 26.5 Å². The minimum atomic E-state index is 0.899. The number of hydrogen-bond acceptors (Lipinski definition) is 2. The monoisotopic (exact) mass is 289 g/mol. The Morgan fingerprint density at radius 1 is 1.33 bits per heavy atom. The molecule has 1 aromatic rings. The predicted octanol–water partition coefficient (Wildman–Crippen LogP) is 1.66. The quantitative estimate of drug-likeness (QED) is 0.680. The predicted molar refractivity (Wildman–Crippen MR) is 85.3 cm³/mol. The highest BCUT2D eigenvalue weighted by Crippen LogP contribution is 2.35. The summed E-state index contributed by atoms with van der Waals surface area (Å²) in [5.41, 5.74) is 1.27. The number of nitrogens with zero attached hydrogens (tertiary/aromatic N) is 4. The van der Waals surface area contributed by atoms with Crippen molar-refractivity contribution in [3.63, 3.8) is 0 Å². The van der Waals surface area contributed by atoms with Crippen LogP contribution in [0.3, 0.4) is 0 Å². The molecule has 1 aliphatic heterocycles. The average molecular weight is 289 g/mol. The lowest BCUT2D eigenvalue weighted by atomic mass is 9.82. The zero-order valence-electron chi connectivity index (χ0n) is 13.3. The molecule has 1 saturated heterocycles. The first-order valence-corrected chi connectivity index (χ1v) is 8.19. The topological polar surface area (TPSA) is 45.5 Å². The maximum absolute atomic E-state index is 4.47. The second-order valence-corrected chi connectivity index (χ2v) is 6.46. The standard InChI is InChI=1S/C16H27N5/c1-17-16(18-8-7-13-9-19-20(2)10-13)21-11-14-5-3-4-6-15(14)12-21/h9-10,14-15H,3-8,11-12H2,1-2H3,(H,17,18). The van der Waals surface area contributed by atoms with Crippen LogP contribution in [-0.4, -0.2) is 47.3 Å². The molecule has 2 unspecified atom stereocenters. The van der Waals surface area contributed by atoms with Gasteiger partial charge in [-0.2, -0.15) is 5.10 Å². The second-order valence-electron chi connectivity index (χ2n) is 6.46. The first-order chi connectivity index (χ1) is 10.3. The van der Waals surface area contributed by atoms with Gasteiger partial charge in [-0.15, -0.1) is 0 Å². The zero-order chi connectivity index (χ0) is 14.7. The molecule has 2 fully saturated rings. The number of aromatic nitrogens is 2. The summed E-state index contributed by atoms with van der Waals surface area (Å²) < 4.78 is 1.86. The van der Waals surface area contributed by atoms with Gasteiger partial charge in [0.05, 0.1) is 6.20 Å². The van der Waals surface area contributed by atoms with E-state index in [1.807, 2.05) is 25.0 Å². The van der Waals surface area contributed by atoms with Crippen LogP contribution in [0.2, 0.25) is 0 Å². The Labute approximate surface area is 127 Å². The lowest BCUT2D eigenvalue weighted by Gasteiger charge is -2.22. The molecule has 5 heteroatoms. The molecule has 1 N–H and O–H groups in total. The lowest BCUT2D eigenvalue weighted by Crippen LogP contribution is -2.41. The van der Waals surface area contributed by atoms with Gasteiger partial charge < -0.3 is 10.2 Å². The van der Waals surface area contributed by atoms with E-state index in [1.165, 1.54) is 44.3 Å². The molecule has 116 valence electrons. The number of aliphatic imine (C=N–C) groups is 1. The number of rotatable bonds is 3. The molecule has 3 rings (SSSR count). The third kappa shape index (κ3) is 3.39. The largest absolute Gasteiger partial charge is 0.356 e. The summed E-state index contributed by atoms with van der Waals surface area (Å²) >= 11 is 0. The summed E-state index contributed by atoms with van der Waals surface area (Å²) in [6, 6.07) is 0. The molecular weight excluding hydrogens is 262 g/mol. The number of nitrogens with one attached hydrogen (secondary N) is 1. The number of fused-ring (bicyclic) bond motifs is 1. The normalized spacial score (nSPS) is 26.0. The molecule has 1 aliphatic carbocycles. The zero-order valence-corrected chi connectivity index (χ0v) is 13.3. The summed E-state index contributed by atoms with van der Waals surface area (Å²) in [5, 5.41) is 7.73. The first kappa shape index (κ1) is 14.4. The second kappa shape index (κ2) is 6.50. The van der Waals surface area contributed by atoms with E-state index >= 15 is 0 Å². The van der Waals surface area contributed by atoms with Gasteiger partial charge in [-0.05, 0) is 36.7 Å². The summed E-state index contributed by atoms with van der Waals surface area (Å²) in [6.07, 6.45) is 10.7. The molecule has 21 heavy (non-hydrogen) atoms. The van der Waals surface area contributed by atoms with E-state index in [4.69, 9.17) is 0 Å². The summed E-state index contributed by atoms with van der Waals surface area (Å²) in [5.74, 6) is 2.87. The van der Waals surface area contributed by atoms with Crippen LogP contribution in [0, 0.1) is 11.8 Å². The highest BCUT2D eigenvalue weighted by Gasteiger charge is 2.35. The van der Waals surface area contributed by atoms with Crippen LogP contribution >= 0.6 is 0 Å². The van der Waals surface area contributed by atoms with Gasteiger partial charge in [0, 0.05) is 39.9 Å². The Kier molecular flexibility index (Phi) is 4.46. The molecule has 1 saturated carbocycles. The minimum absolute atomic E-state index is 0.899. The van der Waals surface area contributed by atoms with E-state index in [9.17, 15) is 0 Å². The molecule has 2 heterocycles. The number of aryl methyl sites for hydroxylation is 1. The molecular formula is C16H27N5. The van der Waals surface area contributed by atoms with Crippen molar-refractivity contribution in [3.05, 3.63) is 18.0 Å². The van der Waals surface area contributed by atoms with Gasteiger partial charge in [0.25, 0.3) is 0 Å². The van der Waals surface area contributed by atoms with E-state index in [1.54, 1.807) is 0 Å². The lowest BCUT2D eigenvalue weighted by molar-refractivity contribution is 0.299. The molecule has 2 atom stereocenters. The van der Waals surface area contributed by atoms with Gasteiger partial charge >= 0.3 is 0 Å². The SMILES string of the molecule is CN=C(NCCc1cnn(C)c1)N1CC2CCCCC2C1. The fourth-order valence-electron chi connectivity index (χ4n) is 3.83. The van der Waals surface area contributed by atoms with Crippen LogP contribution in [0.25, 0.3) is 0 Å². The Balaban J connectivity index is 1.49. The molecule has 1 aromatic heterocycles. The Morgan fingerprint density at radius 3 is 2.62 bits per heavy atom. The third-order valence-corrected chi connectivity index (χ3v) is 4.94. The van der Waals surface area contributed by atoms with Crippen molar-refractivity contribution in [3.8, 4) is 0 Å². The van der Waals surface area contributed by atoms with Gasteiger partial charge in [-0.3, -0.25) is 9.67 Å². The minimum Gasteiger partial charge on any atom is -0.356 e. The van der Waals surface area contributed by atoms with Crippen molar-refractivity contribution in [2.24, 2.45) is 23.9 Å². The van der Waals surface area contributed by atoms with Crippen LogP contribution in [0.1, 0.15) is 31.2 Å². The number of hydrogen-bond donors (Lipinski definition) is 1. The smallest absolute Gasteiger partial charge is 0.193 e.